The predicted octanol–water partition coefficient (Wildman–Crippen LogP) is -8.26. The number of carboxylic acids is 4. The topological polar surface area (TPSA) is 561 Å². The lowest BCUT2D eigenvalue weighted by Crippen LogP contribution is -2.59. The summed E-state index contributed by atoms with van der Waals surface area (Å²) in [7, 11) is 4.54. The van der Waals surface area contributed by atoms with Crippen LogP contribution in [0.1, 0.15) is 32.1 Å². The molecule has 0 spiro atoms. The minimum absolute atomic E-state index is 0.0464. The molecular weight excluding hydrogens is 1260 g/mol. The van der Waals surface area contributed by atoms with E-state index in [1.54, 1.807) is 18.8 Å². The smallest absolute Gasteiger partial charge is 0.335 e. The van der Waals surface area contributed by atoms with Crippen molar-refractivity contribution in [1.29, 1.82) is 0 Å². The van der Waals surface area contributed by atoms with Crippen LogP contribution in [0.4, 0.5) is 0 Å². The van der Waals surface area contributed by atoms with Crippen LogP contribution < -0.4 is 31.9 Å². The Balaban J connectivity index is 0.000000668. The van der Waals surface area contributed by atoms with Crippen LogP contribution in [0.25, 0.3) is 0 Å². The van der Waals surface area contributed by atoms with Gasteiger partial charge in [-0.15, -0.1) is 0 Å². The number of ether oxygens (including phenoxy) is 6. The fraction of sp³-hybridized carbons (Fsp3) is 0.804. The highest BCUT2D eigenvalue weighted by Gasteiger charge is 2.45. The van der Waals surface area contributed by atoms with E-state index in [0.717, 1.165) is 0 Å². The van der Waals surface area contributed by atoms with Gasteiger partial charge in [-0.3, -0.25) is 43.2 Å². The van der Waals surface area contributed by atoms with Crippen LogP contribution >= 0.6 is 35.3 Å². The second-order valence-corrected chi connectivity index (χ2v) is 23.0. The molecule has 38 heteroatoms. The molecule has 0 aliphatic carbocycles. The van der Waals surface area contributed by atoms with E-state index in [-0.39, 0.29) is 80.6 Å². The van der Waals surface area contributed by atoms with Gasteiger partial charge in [0.25, 0.3) is 0 Å². The van der Waals surface area contributed by atoms with Gasteiger partial charge in [0, 0.05) is 69.0 Å². The number of nitrogens with one attached hydrogen (secondary N) is 6. The third kappa shape index (κ3) is 29.9. The van der Waals surface area contributed by atoms with E-state index in [1.807, 2.05) is 0 Å². The molecule has 3 amide bonds. The number of likely N-dealkylation sites (N-methyl/N-ethyl adjacent to an activating group) is 3. The number of aliphatic carboxylic acids is 4. The minimum atomic E-state index is -1.68. The van der Waals surface area contributed by atoms with Gasteiger partial charge < -0.3 is 127 Å². The van der Waals surface area contributed by atoms with Gasteiger partial charge in [-0.2, -0.15) is 35.3 Å². The first kappa shape index (κ1) is 82.6. The third-order valence-electron chi connectivity index (χ3n) is 13.6. The first-order chi connectivity index (χ1) is 42.0. The van der Waals surface area contributed by atoms with E-state index in [2.05, 4.69) is 31.9 Å². The van der Waals surface area contributed by atoms with E-state index >= 15 is 0 Å². The Kier molecular flexibility index (Phi) is 41.1. The lowest BCUT2D eigenvalue weighted by atomic mass is 9.99. The zero-order valence-corrected chi connectivity index (χ0v) is 52.3. The zero-order chi connectivity index (χ0) is 67.7. The van der Waals surface area contributed by atoms with Crippen molar-refractivity contribution in [2.24, 2.45) is 17.8 Å². The first-order valence-electron chi connectivity index (χ1n) is 27.6. The number of aliphatic hydroxyl groups is 9. The van der Waals surface area contributed by atoms with Crippen molar-refractivity contribution in [3.05, 3.63) is 0 Å². The monoisotopic (exact) mass is 1340 g/mol. The normalized spacial score (nSPS) is 27.0. The van der Waals surface area contributed by atoms with Crippen LogP contribution in [0.5, 0.6) is 0 Å². The summed E-state index contributed by atoms with van der Waals surface area (Å²) >= 11 is 3.98. The molecule has 0 bridgehead atoms. The number of ketones is 3. The molecule has 89 heavy (non-hydrogen) atoms. The van der Waals surface area contributed by atoms with Crippen LogP contribution in [0.2, 0.25) is 0 Å². The Morgan fingerprint density at radius 3 is 1.12 bits per heavy atom. The highest BCUT2D eigenvalue weighted by Crippen LogP contribution is 2.24. The largest absolute Gasteiger partial charge is 0.481 e. The summed E-state index contributed by atoms with van der Waals surface area (Å²) in [5, 5.41) is 138. The van der Waals surface area contributed by atoms with E-state index in [0.29, 0.717) is 5.75 Å². The second-order valence-electron chi connectivity index (χ2n) is 20.2. The number of amides is 3. The average molecular weight is 1350 g/mol. The molecule has 0 aromatic carbocycles. The molecule has 3 heterocycles. The Hall–Kier alpha value is -4.37. The average Bonchev–Trinajstić information content (AvgIpc) is 3.54. The van der Waals surface area contributed by atoms with Gasteiger partial charge in [0.2, 0.25) is 17.7 Å². The zero-order valence-electron chi connectivity index (χ0n) is 49.9. The lowest BCUT2D eigenvalue weighted by Gasteiger charge is -2.39. The van der Waals surface area contributed by atoms with Crippen LogP contribution in [-0.4, -0.2) is 333 Å². The summed E-state index contributed by atoms with van der Waals surface area (Å²) < 4.78 is 30.9. The predicted molar refractivity (Wildman–Crippen MR) is 312 cm³/mol. The van der Waals surface area contributed by atoms with Crippen molar-refractivity contribution in [2.45, 2.75) is 130 Å². The van der Waals surface area contributed by atoms with Crippen molar-refractivity contribution in [1.82, 2.24) is 31.9 Å². The molecule has 0 radical (unpaired) electrons. The maximum Gasteiger partial charge on any atom is 0.335 e. The molecule has 19 atom stereocenters. The highest BCUT2D eigenvalue weighted by molar-refractivity contribution is 7.99. The fourth-order valence-corrected chi connectivity index (χ4v) is 10.4. The maximum atomic E-state index is 12.3. The highest BCUT2D eigenvalue weighted by atomic mass is 32.2. The van der Waals surface area contributed by atoms with E-state index in [9.17, 15) is 83.7 Å². The Morgan fingerprint density at radius 1 is 0.461 bits per heavy atom. The number of carbonyl (C=O) groups is 10. The molecule has 3 saturated heterocycles. The van der Waals surface area contributed by atoms with Gasteiger partial charge in [0.15, 0.2) is 42.3 Å². The third-order valence-corrected chi connectivity index (χ3v) is 15.8. The first-order valence-corrected chi connectivity index (χ1v) is 31.7. The molecule has 0 saturated carbocycles. The van der Waals surface area contributed by atoms with Crippen LogP contribution in [0.3, 0.4) is 0 Å². The molecule has 3 fully saturated rings. The number of hydrogen-bond donors (Lipinski definition) is 19. The van der Waals surface area contributed by atoms with E-state index in [1.165, 1.54) is 56.4 Å². The Morgan fingerprint density at radius 2 is 0.798 bits per heavy atom. The van der Waals surface area contributed by atoms with Gasteiger partial charge in [0.05, 0.1) is 61.3 Å². The Labute approximate surface area is 524 Å². The number of carbonyl (C=O) groups excluding carboxylic acids is 6. The van der Waals surface area contributed by atoms with Gasteiger partial charge in [0.1, 0.15) is 62.5 Å². The quantitative estimate of drug-likeness (QED) is 0.0272. The van der Waals surface area contributed by atoms with Crippen molar-refractivity contribution in [3.63, 3.8) is 0 Å². The SMILES string of the molecule is CN[C@@H](CNC(=O)COC1C[C@@H](O)C(O)C(C(=O)O)O1)C(=O)C[C@H](CSC)C(=O)O.CN[C@@H](CNC(=O)COC1C[C@@H](O)C(O)C(CO)O1)C(=O)C[C@H](CSC)C(=O)O.CN[C@@H](CNC(=O)COC1OC(CO)C(O)[C@H](O)[C@H]1O)C(=O)C[C@H](CSC)C(=O)O. The molecule has 3 aliphatic heterocycles. The lowest BCUT2D eigenvalue weighted by molar-refractivity contribution is -0.299. The second kappa shape index (κ2) is 44.2. The van der Waals surface area contributed by atoms with Crippen molar-refractivity contribution < 1.29 is 143 Å². The number of hydrogen-bond acceptors (Lipinski definition) is 31. The van der Waals surface area contributed by atoms with Crippen molar-refractivity contribution >= 4 is 94.2 Å². The van der Waals surface area contributed by atoms with Crippen LogP contribution in [-0.2, 0) is 76.4 Å². The number of Topliss-reactive ketones (excluding diaryl/α,β-unsaturated/α-hetero) is 3. The number of rotatable bonds is 39. The molecule has 3 aliphatic rings. The van der Waals surface area contributed by atoms with Crippen LogP contribution in [0.15, 0.2) is 0 Å². The fourth-order valence-electron chi connectivity index (χ4n) is 8.37. The van der Waals surface area contributed by atoms with Gasteiger partial charge in [-0.05, 0) is 39.9 Å². The molecule has 0 aromatic rings. The van der Waals surface area contributed by atoms with Gasteiger partial charge in [-0.1, -0.05) is 0 Å². The van der Waals surface area contributed by atoms with Crippen molar-refractivity contribution in [2.75, 3.05) is 110 Å². The molecular formula is C51H88N6O29S3. The standard InChI is InChI=1S/C17H28N2O10S.C17H30N2O10S.C17H30N2O9S/c1-18-9(10(20)3-8(7-30-2)16(24)25)5-19-12(22)6-28-13-4-11(21)14(23)15(29-13)17(26)27;1-18-9(10(21)3-8(7-30-2)16(26)27)4-19-12(22)6-28-17-15(25)14(24)13(23)11(5-20)29-17;1-18-10(11(21)3-9(8-29-2)17(25)26)5-19-14(23)7-27-15-4-12(22)16(24)13(6-20)28-15/h8-9,11,13-15,18,21,23H,3-7H2,1-2H3,(H,19,22)(H,24,25)(H,26,27);8-9,11,13-15,17-18,20,23-25H,3-7H2,1-2H3,(H,19,22)(H,26,27);9-10,12-13,15-16,18,20,22,24H,3-8H2,1-2H3,(H,19,23)(H,25,26)/t8-,9+,11-,13?,14?,15?;8-,9+,11?,13?,14+,15-,17?;9-,10+,12-,13?,15?,16?/m111/s1. The molecule has 514 valence electrons. The minimum Gasteiger partial charge on any atom is -0.481 e. The summed E-state index contributed by atoms with van der Waals surface area (Å²) in [5.41, 5.74) is 0. The molecule has 35 nitrogen and oxygen atoms in total. The molecule has 9 unspecified atom stereocenters. The van der Waals surface area contributed by atoms with Gasteiger partial charge in [-0.25, -0.2) is 4.79 Å². The summed E-state index contributed by atoms with van der Waals surface area (Å²) in [5.74, 6) is -9.08. The number of carboxylic acid groups (broad SMARTS) is 4. The summed E-state index contributed by atoms with van der Waals surface area (Å²) in [4.78, 5) is 117. The van der Waals surface area contributed by atoms with E-state index < -0.39 is 190 Å². The molecule has 19 N–H and O–H groups in total. The number of thioether (sulfide) groups is 3. The Bertz CT molecular complexity index is 2220. The summed E-state index contributed by atoms with van der Waals surface area (Å²) in [6.45, 7) is -2.94. The summed E-state index contributed by atoms with van der Waals surface area (Å²) in [6.07, 6.45) is -13.2. The van der Waals surface area contributed by atoms with Crippen LogP contribution in [0, 0.1) is 17.8 Å². The molecule has 3 rings (SSSR count). The van der Waals surface area contributed by atoms with E-state index in [4.69, 9.17) is 59.1 Å². The number of aliphatic hydroxyl groups excluding tert-OH is 9. The summed E-state index contributed by atoms with van der Waals surface area (Å²) in [6, 6.07) is -2.34. The molecule has 0 aromatic heterocycles. The maximum absolute atomic E-state index is 12.3. The van der Waals surface area contributed by atoms with Gasteiger partial charge >= 0.3 is 23.9 Å². The van der Waals surface area contributed by atoms with Crippen molar-refractivity contribution in [3.8, 4) is 0 Å².